The molecule has 1 atom stereocenters. The Morgan fingerprint density at radius 1 is 1.15 bits per heavy atom. The van der Waals surface area contributed by atoms with Crippen LogP contribution < -0.4 is 10.9 Å². The standard InChI is InChI=1S/C20H22N2O4/c23-17-10-12(18-7-4-8-26-18)9-16-14(17)11-15(20(25)22-16)19(24)21-13-5-2-1-3-6-13/h4,7-8,11-13H,1-3,5-6,9-10H2,(H,21,24)(H,22,25)/t12-/m0/s1. The first-order chi connectivity index (χ1) is 12.6. The molecule has 0 aliphatic heterocycles. The molecule has 1 amide bonds. The lowest BCUT2D eigenvalue weighted by atomic mass is 9.84. The molecule has 2 heterocycles. The van der Waals surface area contributed by atoms with Crippen molar-refractivity contribution >= 4 is 11.7 Å². The van der Waals surface area contributed by atoms with Gasteiger partial charge in [0.05, 0.1) is 6.26 Å². The normalized spacial score (nSPS) is 20.6. The zero-order valence-corrected chi connectivity index (χ0v) is 14.5. The number of rotatable bonds is 3. The van der Waals surface area contributed by atoms with Crippen molar-refractivity contribution in [2.75, 3.05) is 0 Å². The molecule has 2 aliphatic rings. The molecule has 0 bridgehead atoms. The van der Waals surface area contributed by atoms with E-state index in [4.69, 9.17) is 4.42 Å². The number of furan rings is 1. The quantitative estimate of drug-likeness (QED) is 0.886. The Balaban J connectivity index is 1.58. The molecule has 0 spiro atoms. The molecule has 0 radical (unpaired) electrons. The summed E-state index contributed by atoms with van der Waals surface area (Å²) in [6.07, 6.45) is 7.69. The first-order valence-corrected chi connectivity index (χ1v) is 9.25. The number of carbonyl (C=O) groups is 2. The van der Waals surface area contributed by atoms with E-state index < -0.39 is 5.56 Å². The van der Waals surface area contributed by atoms with Crippen molar-refractivity contribution in [3.63, 3.8) is 0 Å². The second-order valence-corrected chi connectivity index (χ2v) is 7.26. The van der Waals surface area contributed by atoms with E-state index in [0.717, 1.165) is 31.4 Å². The topological polar surface area (TPSA) is 92.2 Å². The lowest BCUT2D eigenvalue weighted by molar-refractivity contribution is 0.0926. The number of pyridine rings is 1. The Morgan fingerprint density at radius 2 is 1.96 bits per heavy atom. The van der Waals surface area contributed by atoms with E-state index in [-0.39, 0.29) is 29.2 Å². The average molecular weight is 354 g/mol. The Morgan fingerprint density at radius 3 is 2.69 bits per heavy atom. The van der Waals surface area contributed by atoms with Gasteiger partial charge < -0.3 is 14.7 Å². The second-order valence-electron chi connectivity index (χ2n) is 7.26. The maximum Gasteiger partial charge on any atom is 0.261 e. The highest BCUT2D eigenvalue weighted by molar-refractivity contribution is 6.02. The third-order valence-electron chi connectivity index (χ3n) is 5.44. The largest absolute Gasteiger partial charge is 0.469 e. The van der Waals surface area contributed by atoms with E-state index in [9.17, 15) is 14.4 Å². The van der Waals surface area contributed by atoms with Crippen LogP contribution in [0.3, 0.4) is 0 Å². The van der Waals surface area contributed by atoms with Gasteiger partial charge in [-0.15, -0.1) is 0 Å². The minimum atomic E-state index is -0.440. The number of hydrogen-bond donors (Lipinski definition) is 2. The minimum Gasteiger partial charge on any atom is -0.469 e. The van der Waals surface area contributed by atoms with Gasteiger partial charge in [0, 0.05) is 29.6 Å². The molecule has 1 saturated carbocycles. The van der Waals surface area contributed by atoms with E-state index in [1.54, 1.807) is 12.3 Å². The molecule has 136 valence electrons. The van der Waals surface area contributed by atoms with Crippen LogP contribution in [0.4, 0.5) is 0 Å². The molecule has 26 heavy (non-hydrogen) atoms. The minimum absolute atomic E-state index is 0.0270. The van der Waals surface area contributed by atoms with Crippen molar-refractivity contribution in [2.24, 2.45) is 0 Å². The number of ketones is 1. The summed E-state index contributed by atoms with van der Waals surface area (Å²) in [5, 5.41) is 2.94. The van der Waals surface area contributed by atoms with E-state index >= 15 is 0 Å². The van der Waals surface area contributed by atoms with Gasteiger partial charge in [0.2, 0.25) is 0 Å². The number of nitrogens with one attached hydrogen (secondary N) is 2. The number of fused-ring (bicyclic) bond motifs is 1. The number of carbonyl (C=O) groups excluding carboxylic acids is 2. The van der Waals surface area contributed by atoms with Crippen molar-refractivity contribution in [1.29, 1.82) is 0 Å². The maximum absolute atomic E-state index is 12.6. The second kappa shape index (κ2) is 6.94. The summed E-state index contributed by atoms with van der Waals surface area (Å²) in [6.45, 7) is 0. The summed E-state index contributed by atoms with van der Waals surface area (Å²) in [5.74, 6) is 0.198. The lowest BCUT2D eigenvalue weighted by Gasteiger charge is -2.24. The van der Waals surface area contributed by atoms with Crippen LogP contribution in [0.25, 0.3) is 0 Å². The highest BCUT2D eigenvalue weighted by Gasteiger charge is 2.30. The van der Waals surface area contributed by atoms with Crippen LogP contribution in [0.15, 0.2) is 33.7 Å². The fourth-order valence-electron chi connectivity index (χ4n) is 4.03. The summed E-state index contributed by atoms with van der Waals surface area (Å²) < 4.78 is 5.40. The van der Waals surface area contributed by atoms with Gasteiger partial charge >= 0.3 is 0 Å². The molecule has 2 aromatic heterocycles. The predicted octanol–water partition coefficient (Wildman–Crippen LogP) is 2.94. The van der Waals surface area contributed by atoms with Gasteiger partial charge in [-0.2, -0.15) is 0 Å². The predicted molar refractivity (Wildman–Crippen MR) is 95.5 cm³/mol. The highest BCUT2D eigenvalue weighted by Crippen LogP contribution is 2.31. The third-order valence-corrected chi connectivity index (χ3v) is 5.44. The summed E-state index contributed by atoms with van der Waals surface area (Å²) in [7, 11) is 0. The van der Waals surface area contributed by atoms with E-state index in [0.29, 0.717) is 24.1 Å². The molecule has 0 unspecified atom stereocenters. The molecule has 1 fully saturated rings. The van der Waals surface area contributed by atoms with Crippen LogP contribution in [-0.4, -0.2) is 22.7 Å². The SMILES string of the molecule is O=C1C[C@@H](c2ccco2)Cc2[nH]c(=O)c(C(=O)NC3CCCCC3)cc21. The summed E-state index contributed by atoms with van der Waals surface area (Å²) in [4.78, 5) is 40.3. The summed E-state index contributed by atoms with van der Waals surface area (Å²) >= 11 is 0. The zero-order valence-electron chi connectivity index (χ0n) is 14.5. The Bertz CT molecular complexity index is 876. The molecule has 6 heteroatoms. The number of H-pyrrole nitrogens is 1. The number of aromatic amines is 1. The van der Waals surface area contributed by atoms with Gasteiger partial charge in [-0.3, -0.25) is 14.4 Å². The van der Waals surface area contributed by atoms with Gasteiger partial charge in [-0.05, 0) is 37.5 Å². The fourth-order valence-corrected chi connectivity index (χ4v) is 4.03. The van der Waals surface area contributed by atoms with Crippen molar-refractivity contribution in [2.45, 2.75) is 56.9 Å². The van der Waals surface area contributed by atoms with Crippen molar-refractivity contribution in [3.8, 4) is 0 Å². The Kier molecular flexibility index (Phi) is 4.49. The number of amides is 1. The Labute approximate surface area is 151 Å². The van der Waals surface area contributed by atoms with Gasteiger partial charge in [-0.1, -0.05) is 19.3 Å². The van der Waals surface area contributed by atoms with Crippen molar-refractivity contribution in [3.05, 3.63) is 57.4 Å². The van der Waals surface area contributed by atoms with Crippen LogP contribution in [0, 0.1) is 0 Å². The molecule has 4 rings (SSSR count). The highest BCUT2D eigenvalue weighted by atomic mass is 16.3. The van der Waals surface area contributed by atoms with Crippen molar-refractivity contribution < 1.29 is 14.0 Å². The van der Waals surface area contributed by atoms with Gasteiger partial charge in [0.25, 0.3) is 11.5 Å². The van der Waals surface area contributed by atoms with E-state index in [2.05, 4.69) is 10.3 Å². The maximum atomic E-state index is 12.6. The summed E-state index contributed by atoms with van der Waals surface area (Å²) in [5.41, 5.74) is 0.618. The molecule has 0 saturated heterocycles. The third kappa shape index (κ3) is 3.23. The zero-order chi connectivity index (χ0) is 18.1. The monoisotopic (exact) mass is 354 g/mol. The van der Waals surface area contributed by atoms with Crippen molar-refractivity contribution in [1.82, 2.24) is 10.3 Å². The fraction of sp³-hybridized carbons (Fsp3) is 0.450. The van der Waals surface area contributed by atoms with Crippen LogP contribution in [0.1, 0.15) is 76.6 Å². The smallest absolute Gasteiger partial charge is 0.261 e. The van der Waals surface area contributed by atoms with Gasteiger partial charge in [-0.25, -0.2) is 0 Å². The number of hydrogen-bond acceptors (Lipinski definition) is 4. The van der Waals surface area contributed by atoms with E-state index in [1.807, 2.05) is 6.07 Å². The van der Waals surface area contributed by atoms with Crippen LogP contribution in [0.2, 0.25) is 0 Å². The molecule has 0 aromatic carbocycles. The molecule has 2 aliphatic carbocycles. The van der Waals surface area contributed by atoms with E-state index in [1.165, 1.54) is 12.5 Å². The number of aromatic nitrogens is 1. The average Bonchev–Trinajstić information content (AvgIpc) is 3.16. The van der Waals surface area contributed by atoms with Crippen LogP contribution in [0.5, 0.6) is 0 Å². The first-order valence-electron chi connectivity index (χ1n) is 9.25. The number of Topliss-reactive ketones (excluding diaryl/α,β-unsaturated/α-hetero) is 1. The van der Waals surface area contributed by atoms with Gasteiger partial charge in [0.15, 0.2) is 5.78 Å². The Hall–Kier alpha value is -2.63. The molecule has 2 aromatic rings. The first kappa shape index (κ1) is 16.8. The van der Waals surface area contributed by atoms with Gasteiger partial charge in [0.1, 0.15) is 11.3 Å². The summed E-state index contributed by atoms with van der Waals surface area (Å²) in [6, 6.07) is 5.21. The molecule has 2 N–H and O–H groups in total. The molecular formula is C20H22N2O4. The molecule has 6 nitrogen and oxygen atoms in total. The lowest BCUT2D eigenvalue weighted by Crippen LogP contribution is -2.39. The molecular weight excluding hydrogens is 332 g/mol. The van der Waals surface area contributed by atoms with Crippen LogP contribution >= 0.6 is 0 Å². The van der Waals surface area contributed by atoms with Crippen LogP contribution in [-0.2, 0) is 6.42 Å².